The Morgan fingerprint density at radius 3 is 2.49 bits per heavy atom. The lowest BCUT2D eigenvalue weighted by Crippen LogP contribution is -2.23. The summed E-state index contributed by atoms with van der Waals surface area (Å²) in [4.78, 5) is 17.2. The van der Waals surface area contributed by atoms with Gasteiger partial charge >= 0.3 is 0 Å². The number of ketones is 1. The molecule has 1 atom stereocenters. The number of ether oxygens (including phenoxy) is 2. The molecule has 1 unspecified atom stereocenters. The summed E-state index contributed by atoms with van der Waals surface area (Å²) >= 11 is 6.18. The van der Waals surface area contributed by atoms with Crippen molar-refractivity contribution in [2.75, 3.05) is 25.6 Å². The van der Waals surface area contributed by atoms with Crippen LogP contribution in [0, 0.1) is 6.92 Å². The number of aromatic amines is 1. The lowest BCUT2D eigenvalue weighted by Gasteiger charge is -2.22. The maximum atomic E-state index is 14.1. The molecular weight excluding hydrogens is 496 g/mol. The second-order valence-corrected chi connectivity index (χ2v) is 9.03. The van der Waals surface area contributed by atoms with Crippen LogP contribution in [0.2, 0.25) is 5.02 Å². The van der Waals surface area contributed by atoms with Crippen molar-refractivity contribution in [3.05, 3.63) is 87.6 Å². The minimum absolute atomic E-state index is 0.102. The Morgan fingerprint density at radius 1 is 1.03 bits per heavy atom. The molecule has 8 nitrogen and oxygen atoms in total. The molecule has 0 radical (unpaired) electrons. The third kappa shape index (κ3) is 5.73. The molecule has 0 fully saturated rings. The van der Waals surface area contributed by atoms with Crippen molar-refractivity contribution in [2.45, 2.75) is 26.2 Å². The number of benzene rings is 3. The van der Waals surface area contributed by atoms with E-state index in [1.165, 1.54) is 7.11 Å². The van der Waals surface area contributed by atoms with Gasteiger partial charge in [-0.15, -0.1) is 0 Å². The first-order valence-corrected chi connectivity index (χ1v) is 12.1. The van der Waals surface area contributed by atoms with Gasteiger partial charge in [0.1, 0.15) is 24.1 Å². The monoisotopic (exact) mass is 524 g/mol. The number of hydrogen-bond acceptors (Lipinski definition) is 7. The van der Waals surface area contributed by atoms with Crippen molar-refractivity contribution in [3.63, 3.8) is 0 Å². The standard InChI is InChI=1S/C28H29ClN2O6/c1-16-7-24-25(13-30-26(24)9-17(16)14-33)28(35)27(23-4-3-19(29)8-18(23)15-34)31-20-10-21(36-2)12-22(11-20)37-6-5-32/h3-4,7-13,27,30-34H,5-6,14-15H2,1-2H3. The van der Waals surface area contributed by atoms with E-state index in [1.807, 2.05) is 19.1 Å². The van der Waals surface area contributed by atoms with Gasteiger partial charge in [-0.05, 0) is 53.4 Å². The molecule has 0 amide bonds. The molecule has 1 heterocycles. The summed E-state index contributed by atoms with van der Waals surface area (Å²) in [6.45, 7) is 1.43. The lowest BCUT2D eigenvalue weighted by molar-refractivity contribution is 0.0970. The van der Waals surface area contributed by atoms with E-state index in [-0.39, 0.29) is 32.2 Å². The van der Waals surface area contributed by atoms with Gasteiger partial charge < -0.3 is 35.1 Å². The van der Waals surface area contributed by atoms with Gasteiger partial charge in [0.25, 0.3) is 0 Å². The van der Waals surface area contributed by atoms with Crippen LogP contribution in [-0.2, 0) is 13.2 Å². The lowest BCUT2D eigenvalue weighted by atomic mass is 9.92. The number of hydrogen-bond donors (Lipinski definition) is 5. The average Bonchev–Trinajstić information content (AvgIpc) is 3.32. The van der Waals surface area contributed by atoms with E-state index in [0.29, 0.717) is 38.9 Å². The van der Waals surface area contributed by atoms with Gasteiger partial charge in [-0.1, -0.05) is 17.7 Å². The van der Waals surface area contributed by atoms with Crippen LogP contribution in [0.1, 0.15) is 38.7 Å². The highest BCUT2D eigenvalue weighted by Gasteiger charge is 2.27. The summed E-state index contributed by atoms with van der Waals surface area (Å²) in [5.74, 6) is 0.724. The zero-order chi connectivity index (χ0) is 26.5. The SMILES string of the molecule is COc1cc(NC(C(=O)c2c[nH]c3cc(CO)c(C)cc23)c2ccc(Cl)cc2CO)cc(OCCO)c1. The molecule has 5 N–H and O–H groups in total. The van der Waals surface area contributed by atoms with Gasteiger partial charge in [0, 0.05) is 51.6 Å². The van der Waals surface area contributed by atoms with Crippen LogP contribution in [-0.4, -0.2) is 46.4 Å². The molecule has 4 rings (SSSR count). The molecule has 194 valence electrons. The zero-order valence-electron chi connectivity index (χ0n) is 20.5. The Bertz CT molecular complexity index is 1420. The Morgan fingerprint density at radius 2 is 1.78 bits per heavy atom. The van der Waals surface area contributed by atoms with E-state index < -0.39 is 6.04 Å². The molecule has 0 aliphatic carbocycles. The van der Waals surface area contributed by atoms with Crippen LogP contribution in [0.3, 0.4) is 0 Å². The fourth-order valence-corrected chi connectivity index (χ4v) is 4.51. The number of carbonyl (C=O) groups excluding carboxylic acids is 1. The number of rotatable bonds is 11. The van der Waals surface area contributed by atoms with Crippen molar-refractivity contribution < 1.29 is 29.6 Å². The predicted octanol–water partition coefficient (Wildman–Crippen LogP) is 4.53. The smallest absolute Gasteiger partial charge is 0.191 e. The van der Waals surface area contributed by atoms with Crippen molar-refractivity contribution in [1.29, 1.82) is 0 Å². The van der Waals surface area contributed by atoms with Gasteiger partial charge in [-0.2, -0.15) is 0 Å². The molecule has 0 bridgehead atoms. The summed E-state index contributed by atoms with van der Waals surface area (Å²) in [7, 11) is 1.52. The molecule has 0 aliphatic rings. The summed E-state index contributed by atoms with van der Waals surface area (Å²) in [5, 5.41) is 33.3. The molecular formula is C28H29ClN2O6. The molecule has 0 spiro atoms. The Hall–Kier alpha value is -3.56. The number of aliphatic hydroxyl groups is 3. The number of H-pyrrole nitrogens is 1. The normalized spacial score (nSPS) is 11.9. The molecule has 3 aromatic carbocycles. The third-order valence-electron chi connectivity index (χ3n) is 6.21. The first kappa shape index (κ1) is 26.5. The van der Waals surface area contributed by atoms with E-state index in [2.05, 4.69) is 10.3 Å². The van der Waals surface area contributed by atoms with Crippen molar-refractivity contribution in [3.8, 4) is 11.5 Å². The fourth-order valence-electron chi connectivity index (χ4n) is 4.32. The number of methoxy groups -OCH3 is 1. The van der Waals surface area contributed by atoms with Gasteiger partial charge in [-0.3, -0.25) is 4.79 Å². The van der Waals surface area contributed by atoms with E-state index in [9.17, 15) is 15.0 Å². The molecule has 37 heavy (non-hydrogen) atoms. The summed E-state index contributed by atoms with van der Waals surface area (Å²) in [5.41, 5.74) is 4.45. The predicted molar refractivity (Wildman–Crippen MR) is 143 cm³/mol. The third-order valence-corrected chi connectivity index (χ3v) is 6.44. The van der Waals surface area contributed by atoms with Crippen molar-refractivity contribution in [1.82, 2.24) is 4.98 Å². The van der Waals surface area contributed by atoms with Gasteiger partial charge in [-0.25, -0.2) is 0 Å². The van der Waals surface area contributed by atoms with Gasteiger partial charge in [0.15, 0.2) is 5.78 Å². The second-order valence-electron chi connectivity index (χ2n) is 8.60. The highest BCUT2D eigenvalue weighted by Crippen LogP contribution is 2.34. The zero-order valence-corrected chi connectivity index (χ0v) is 21.3. The number of aliphatic hydroxyl groups excluding tert-OH is 3. The van der Waals surface area contributed by atoms with Crippen LogP contribution in [0.4, 0.5) is 5.69 Å². The number of carbonyl (C=O) groups is 1. The van der Waals surface area contributed by atoms with Crippen LogP contribution >= 0.6 is 11.6 Å². The number of aromatic nitrogens is 1. The van der Waals surface area contributed by atoms with E-state index in [4.69, 9.17) is 26.2 Å². The second kappa shape index (κ2) is 11.7. The van der Waals surface area contributed by atoms with E-state index >= 15 is 0 Å². The summed E-state index contributed by atoms with van der Waals surface area (Å²) in [6.07, 6.45) is 1.65. The van der Waals surface area contributed by atoms with Crippen LogP contribution in [0.15, 0.2) is 54.7 Å². The quantitative estimate of drug-likeness (QED) is 0.183. The largest absolute Gasteiger partial charge is 0.497 e. The minimum Gasteiger partial charge on any atom is -0.497 e. The Balaban J connectivity index is 1.82. The fraction of sp³-hybridized carbons (Fsp3) is 0.250. The van der Waals surface area contributed by atoms with Crippen molar-refractivity contribution >= 4 is 34.0 Å². The highest BCUT2D eigenvalue weighted by molar-refractivity contribution is 6.30. The molecule has 0 saturated carbocycles. The number of Topliss-reactive ketones (excluding diaryl/α,β-unsaturated/α-hetero) is 1. The summed E-state index contributed by atoms with van der Waals surface area (Å²) < 4.78 is 11.0. The van der Waals surface area contributed by atoms with Crippen LogP contribution < -0.4 is 14.8 Å². The van der Waals surface area contributed by atoms with Gasteiger partial charge in [0.2, 0.25) is 0 Å². The molecule has 4 aromatic rings. The maximum absolute atomic E-state index is 14.1. The molecule has 1 aromatic heterocycles. The van der Waals surface area contributed by atoms with Crippen LogP contribution in [0.5, 0.6) is 11.5 Å². The topological polar surface area (TPSA) is 124 Å². The van der Waals surface area contributed by atoms with Crippen molar-refractivity contribution in [2.24, 2.45) is 0 Å². The number of anilines is 1. The average molecular weight is 525 g/mol. The Labute approximate surface area is 219 Å². The number of nitrogens with one attached hydrogen (secondary N) is 2. The number of fused-ring (bicyclic) bond motifs is 1. The molecule has 9 heteroatoms. The first-order chi connectivity index (χ1) is 17.9. The number of aryl methyl sites for hydroxylation is 1. The highest BCUT2D eigenvalue weighted by atomic mass is 35.5. The summed E-state index contributed by atoms with van der Waals surface area (Å²) in [6, 6.07) is 13.0. The maximum Gasteiger partial charge on any atom is 0.191 e. The van der Waals surface area contributed by atoms with E-state index in [1.54, 1.807) is 42.6 Å². The van der Waals surface area contributed by atoms with E-state index in [0.717, 1.165) is 22.0 Å². The molecule has 0 aliphatic heterocycles. The van der Waals surface area contributed by atoms with Gasteiger partial charge in [0.05, 0.1) is 26.9 Å². The Kier molecular flexibility index (Phi) is 8.35. The number of halogens is 1. The van der Waals surface area contributed by atoms with Crippen LogP contribution in [0.25, 0.3) is 10.9 Å². The molecule has 0 saturated heterocycles. The first-order valence-electron chi connectivity index (χ1n) is 11.7. The minimum atomic E-state index is -0.894.